The number of carbonyl (C=O) groups is 1. The molecule has 0 aliphatic rings. The van der Waals surface area contributed by atoms with Gasteiger partial charge in [-0.1, -0.05) is 0 Å². The lowest BCUT2D eigenvalue weighted by molar-refractivity contribution is 0.0676. The molecule has 7 heteroatoms. The zero-order valence-electron chi connectivity index (χ0n) is 6.47. The van der Waals surface area contributed by atoms with Crippen LogP contribution in [-0.2, 0) is 0 Å². The lowest BCUT2D eigenvalue weighted by Crippen LogP contribution is -2.09. The molecule has 0 aliphatic heterocycles. The molecular formula is C7H3BrF3NO2. The monoisotopic (exact) mass is 269 g/mol. The number of carboxylic acid groups (broad SMARTS) is 1. The third-order valence-corrected chi connectivity index (χ3v) is 2.09. The molecule has 0 saturated carbocycles. The number of rotatable bonds is 2. The normalized spacial score (nSPS) is 10.6. The predicted molar refractivity (Wildman–Crippen MR) is 43.8 cm³/mol. The molecule has 0 amide bonds. The Morgan fingerprint density at radius 3 is 2.50 bits per heavy atom. The lowest BCUT2D eigenvalue weighted by Gasteiger charge is -2.07. The van der Waals surface area contributed by atoms with Gasteiger partial charge in [-0.25, -0.2) is 18.6 Å². The summed E-state index contributed by atoms with van der Waals surface area (Å²) in [5, 5.41) is 8.49. The maximum Gasteiger partial charge on any atom is 0.340 e. The van der Waals surface area contributed by atoms with E-state index in [-0.39, 0.29) is 4.47 Å². The molecule has 0 aliphatic carbocycles. The highest BCUT2D eigenvalue weighted by Crippen LogP contribution is 2.30. The molecule has 1 aromatic rings. The second-order valence-electron chi connectivity index (χ2n) is 2.29. The van der Waals surface area contributed by atoms with Crippen molar-refractivity contribution in [2.75, 3.05) is 0 Å². The standard InChI is InChI=1S/C7H3BrF3NO2/c8-2-1-12-6(11)4(7(13)14)3(2)5(9)10/h1,5H,(H,13,14). The van der Waals surface area contributed by atoms with E-state index in [4.69, 9.17) is 5.11 Å². The number of pyridine rings is 1. The molecule has 1 aromatic heterocycles. The van der Waals surface area contributed by atoms with Gasteiger partial charge in [0.25, 0.3) is 6.43 Å². The topological polar surface area (TPSA) is 50.2 Å². The average molecular weight is 270 g/mol. The number of nitrogens with zero attached hydrogens (tertiary/aromatic N) is 1. The van der Waals surface area contributed by atoms with Gasteiger partial charge in [0.05, 0.1) is 5.56 Å². The number of hydrogen-bond acceptors (Lipinski definition) is 2. The predicted octanol–water partition coefficient (Wildman–Crippen LogP) is 2.62. The number of halogens is 4. The molecule has 1 N–H and O–H groups in total. The largest absolute Gasteiger partial charge is 0.478 e. The molecule has 0 spiro atoms. The first kappa shape index (κ1) is 11.0. The second kappa shape index (κ2) is 3.95. The third-order valence-electron chi connectivity index (χ3n) is 1.46. The van der Waals surface area contributed by atoms with E-state index in [0.717, 1.165) is 6.20 Å². The second-order valence-corrected chi connectivity index (χ2v) is 3.15. The smallest absolute Gasteiger partial charge is 0.340 e. The van der Waals surface area contributed by atoms with Crippen molar-refractivity contribution in [1.29, 1.82) is 0 Å². The number of hydrogen-bond donors (Lipinski definition) is 1. The van der Waals surface area contributed by atoms with Crippen LogP contribution < -0.4 is 0 Å². The van der Waals surface area contributed by atoms with Gasteiger partial charge >= 0.3 is 5.97 Å². The Hall–Kier alpha value is -1.11. The van der Waals surface area contributed by atoms with E-state index in [1.54, 1.807) is 0 Å². The van der Waals surface area contributed by atoms with Gasteiger partial charge in [0.15, 0.2) is 0 Å². The van der Waals surface area contributed by atoms with Gasteiger partial charge in [-0.05, 0) is 15.9 Å². The Bertz CT molecular complexity index is 383. The Balaban J connectivity index is 3.50. The van der Waals surface area contributed by atoms with E-state index in [9.17, 15) is 18.0 Å². The minimum absolute atomic E-state index is 0.230. The third kappa shape index (κ3) is 1.87. The fraction of sp³-hybridized carbons (Fsp3) is 0.143. The van der Waals surface area contributed by atoms with Crippen molar-refractivity contribution < 1.29 is 23.1 Å². The van der Waals surface area contributed by atoms with Crippen molar-refractivity contribution >= 4 is 21.9 Å². The highest BCUT2D eigenvalue weighted by molar-refractivity contribution is 9.10. The summed E-state index contributed by atoms with van der Waals surface area (Å²) in [6.07, 6.45) is -2.28. The molecule has 1 heterocycles. The van der Waals surface area contributed by atoms with Crippen LogP contribution in [0, 0.1) is 5.95 Å². The summed E-state index contributed by atoms with van der Waals surface area (Å²) < 4.78 is 37.2. The van der Waals surface area contributed by atoms with Crippen LogP contribution in [0.2, 0.25) is 0 Å². The van der Waals surface area contributed by atoms with E-state index < -0.39 is 29.5 Å². The molecule has 0 atom stereocenters. The number of alkyl halides is 2. The molecule has 1 rings (SSSR count). The van der Waals surface area contributed by atoms with Gasteiger partial charge in [-0.15, -0.1) is 0 Å². The van der Waals surface area contributed by atoms with E-state index in [2.05, 4.69) is 20.9 Å². The fourth-order valence-electron chi connectivity index (χ4n) is 0.895. The quantitative estimate of drug-likeness (QED) is 0.840. The summed E-state index contributed by atoms with van der Waals surface area (Å²) in [5.41, 5.74) is -2.00. The van der Waals surface area contributed by atoms with Crippen LogP contribution in [0.3, 0.4) is 0 Å². The van der Waals surface area contributed by atoms with Gasteiger partial charge in [0, 0.05) is 10.7 Å². The van der Waals surface area contributed by atoms with Gasteiger partial charge in [0.1, 0.15) is 5.56 Å². The van der Waals surface area contributed by atoms with E-state index in [0.29, 0.717) is 0 Å². The maximum absolute atomic E-state index is 12.8. The molecule has 0 fully saturated rings. The summed E-state index contributed by atoms with van der Waals surface area (Å²) >= 11 is 2.68. The number of aromatic nitrogens is 1. The number of aromatic carboxylic acids is 1. The van der Waals surface area contributed by atoms with Crippen LogP contribution in [0.25, 0.3) is 0 Å². The molecule has 3 nitrogen and oxygen atoms in total. The Morgan fingerprint density at radius 1 is 1.57 bits per heavy atom. The molecular weight excluding hydrogens is 267 g/mol. The van der Waals surface area contributed by atoms with E-state index in [1.165, 1.54) is 0 Å². The molecule has 0 radical (unpaired) electrons. The van der Waals surface area contributed by atoms with Crippen LogP contribution in [0.5, 0.6) is 0 Å². The SMILES string of the molecule is O=C(O)c1c(F)ncc(Br)c1C(F)F. The maximum atomic E-state index is 12.8. The van der Waals surface area contributed by atoms with Crippen LogP contribution in [0.15, 0.2) is 10.7 Å². The minimum Gasteiger partial charge on any atom is -0.478 e. The zero-order valence-corrected chi connectivity index (χ0v) is 8.06. The molecule has 0 bridgehead atoms. The Kier molecular flexibility index (Phi) is 3.10. The highest BCUT2D eigenvalue weighted by atomic mass is 79.9. The first-order valence-electron chi connectivity index (χ1n) is 3.30. The van der Waals surface area contributed by atoms with Gasteiger partial charge in [-0.2, -0.15) is 4.39 Å². The van der Waals surface area contributed by atoms with E-state index in [1.807, 2.05) is 0 Å². The van der Waals surface area contributed by atoms with Crippen molar-refractivity contribution in [1.82, 2.24) is 4.98 Å². The van der Waals surface area contributed by atoms with Gasteiger partial charge < -0.3 is 5.11 Å². The van der Waals surface area contributed by atoms with Crippen molar-refractivity contribution in [2.45, 2.75) is 6.43 Å². The Labute approximate surface area is 84.7 Å². The molecule has 14 heavy (non-hydrogen) atoms. The average Bonchev–Trinajstić information content (AvgIpc) is 2.07. The molecule has 0 saturated heterocycles. The Morgan fingerprint density at radius 2 is 2.14 bits per heavy atom. The summed E-state index contributed by atoms with van der Waals surface area (Å²) in [5.74, 6) is -3.19. The van der Waals surface area contributed by atoms with Crippen molar-refractivity contribution in [2.24, 2.45) is 0 Å². The summed E-state index contributed by atoms with van der Waals surface area (Å²) in [7, 11) is 0. The van der Waals surface area contributed by atoms with Crippen LogP contribution >= 0.6 is 15.9 Å². The van der Waals surface area contributed by atoms with Gasteiger partial charge in [0.2, 0.25) is 5.95 Å². The first-order valence-corrected chi connectivity index (χ1v) is 4.09. The van der Waals surface area contributed by atoms with Crippen molar-refractivity contribution in [3.8, 4) is 0 Å². The number of carboxylic acids is 1. The zero-order chi connectivity index (χ0) is 10.9. The van der Waals surface area contributed by atoms with Crippen molar-refractivity contribution in [3.05, 3.63) is 27.7 Å². The lowest BCUT2D eigenvalue weighted by atomic mass is 10.1. The van der Waals surface area contributed by atoms with Crippen molar-refractivity contribution in [3.63, 3.8) is 0 Å². The first-order chi connectivity index (χ1) is 6.45. The highest BCUT2D eigenvalue weighted by Gasteiger charge is 2.25. The van der Waals surface area contributed by atoms with Gasteiger partial charge in [-0.3, -0.25) is 0 Å². The summed E-state index contributed by atoms with van der Waals surface area (Å²) in [4.78, 5) is 13.5. The summed E-state index contributed by atoms with van der Waals surface area (Å²) in [6.45, 7) is 0. The van der Waals surface area contributed by atoms with Crippen LogP contribution in [-0.4, -0.2) is 16.1 Å². The molecule has 0 unspecified atom stereocenters. The molecule has 0 aromatic carbocycles. The summed E-state index contributed by atoms with van der Waals surface area (Å²) in [6, 6.07) is 0. The van der Waals surface area contributed by atoms with Crippen LogP contribution in [0.4, 0.5) is 13.2 Å². The fourth-order valence-corrected chi connectivity index (χ4v) is 1.37. The minimum atomic E-state index is -3.08. The van der Waals surface area contributed by atoms with Crippen LogP contribution in [0.1, 0.15) is 22.3 Å². The molecule has 76 valence electrons. The van der Waals surface area contributed by atoms with E-state index >= 15 is 0 Å².